The van der Waals surface area contributed by atoms with E-state index in [0.717, 1.165) is 21.5 Å². The van der Waals surface area contributed by atoms with E-state index >= 15 is 0 Å². The molecular formula is C20H14Cl2O4P2. The minimum Gasteiger partial charge on any atom is -0.435 e. The Hall–Kier alpha value is -1.64. The Morgan fingerprint density at radius 2 is 0.964 bits per heavy atom. The van der Waals surface area contributed by atoms with Gasteiger partial charge in [-0.15, -0.1) is 0 Å². The van der Waals surface area contributed by atoms with Crippen LogP contribution in [0.3, 0.4) is 0 Å². The Balaban J connectivity index is 2.13. The van der Waals surface area contributed by atoms with Gasteiger partial charge in [-0.1, -0.05) is 60.7 Å². The van der Waals surface area contributed by atoms with Crippen molar-refractivity contribution < 1.29 is 18.8 Å². The molecule has 142 valence electrons. The Morgan fingerprint density at radius 3 is 1.36 bits per heavy atom. The maximum atomic E-state index is 9.70. The summed E-state index contributed by atoms with van der Waals surface area (Å²) in [4.78, 5) is 19.4. The molecule has 0 radical (unpaired) electrons. The molecule has 0 bridgehead atoms. The molecule has 4 aromatic rings. The van der Waals surface area contributed by atoms with Gasteiger partial charge in [-0.3, -0.25) is 0 Å². The van der Waals surface area contributed by atoms with Crippen molar-refractivity contribution in [3.8, 4) is 22.6 Å². The van der Waals surface area contributed by atoms with Crippen molar-refractivity contribution in [1.82, 2.24) is 0 Å². The molecule has 2 atom stereocenters. The van der Waals surface area contributed by atoms with E-state index in [1.165, 1.54) is 0 Å². The molecule has 4 nitrogen and oxygen atoms in total. The van der Waals surface area contributed by atoms with Gasteiger partial charge in [0.25, 0.3) is 0 Å². The molecule has 28 heavy (non-hydrogen) atoms. The second kappa shape index (κ2) is 8.39. The number of rotatable bonds is 5. The van der Waals surface area contributed by atoms with Crippen LogP contribution in [-0.2, 0) is 0 Å². The third kappa shape index (κ3) is 3.90. The molecule has 8 heteroatoms. The zero-order valence-electron chi connectivity index (χ0n) is 14.3. The van der Waals surface area contributed by atoms with Crippen LogP contribution in [0, 0.1) is 0 Å². The molecular weight excluding hydrogens is 437 g/mol. The molecule has 2 N–H and O–H groups in total. The van der Waals surface area contributed by atoms with Gasteiger partial charge in [-0.2, -0.15) is 0 Å². The molecule has 4 aromatic carbocycles. The Labute approximate surface area is 173 Å². The van der Waals surface area contributed by atoms with Gasteiger partial charge < -0.3 is 18.8 Å². The predicted octanol–water partition coefficient (Wildman–Crippen LogP) is 7.33. The topological polar surface area (TPSA) is 58.9 Å². The minimum atomic E-state index is -2.15. The SMILES string of the molecule is OP(Cl)Oc1ccc2ccccc2c1-c1c(OP(O)Cl)ccc2ccccc12. The van der Waals surface area contributed by atoms with Gasteiger partial charge in [-0.05, 0) is 56.2 Å². The quantitative estimate of drug-likeness (QED) is 0.312. The zero-order valence-corrected chi connectivity index (χ0v) is 17.6. The van der Waals surface area contributed by atoms with Crippen LogP contribution < -0.4 is 9.05 Å². The van der Waals surface area contributed by atoms with Crippen LogP contribution in [0.1, 0.15) is 0 Å². The molecule has 4 rings (SSSR count). The largest absolute Gasteiger partial charge is 0.435 e. The van der Waals surface area contributed by atoms with E-state index in [1.54, 1.807) is 12.1 Å². The second-order valence-electron chi connectivity index (χ2n) is 5.95. The maximum Gasteiger partial charge on any atom is 0.335 e. The van der Waals surface area contributed by atoms with Crippen molar-refractivity contribution in [3.05, 3.63) is 72.8 Å². The fraction of sp³-hybridized carbons (Fsp3) is 0. The van der Waals surface area contributed by atoms with E-state index in [0.29, 0.717) is 22.6 Å². The first-order valence-corrected chi connectivity index (χ1v) is 12.5. The van der Waals surface area contributed by atoms with Crippen molar-refractivity contribution >= 4 is 59.5 Å². The first-order valence-electron chi connectivity index (χ1n) is 8.24. The number of hydrogen-bond acceptors (Lipinski definition) is 4. The van der Waals surface area contributed by atoms with Crippen molar-refractivity contribution in [1.29, 1.82) is 0 Å². The monoisotopic (exact) mass is 450 g/mol. The predicted molar refractivity (Wildman–Crippen MR) is 118 cm³/mol. The van der Waals surface area contributed by atoms with Crippen LogP contribution in [-0.4, -0.2) is 9.79 Å². The van der Waals surface area contributed by atoms with Gasteiger partial charge in [0.15, 0.2) is 0 Å². The minimum absolute atomic E-state index is 0.417. The highest BCUT2D eigenvalue weighted by atomic mass is 35.7. The summed E-state index contributed by atoms with van der Waals surface area (Å²) < 4.78 is 11.1. The summed E-state index contributed by atoms with van der Waals surface area (Å²) >= 11 is 11.5. The van der Waals surface area contributed by atoms with E-state index in [4.69, 9.17) is 31.5 Å². The van der Waals surface area contributed by atoms with Gasteiger partial charge in [-0.25, -0.2) is 0 Å². The molecule has 0 heterocycles. The van der Waals surface area contributed by atoms with E-state index in [2.05, 4.69) is 0 Å². The molecule has 0 amide bonds. The molecule has 2 unspecified atom stereocenters. The molecule has 0 aliphatic heterocycles. The standard InChI is InChI=1S/C20H14Cl2O4P2/c21-27(23)25-17-11-9-13-5-1-3-7-15(13)19(17)20-16-8-4-2-6-14(16)10-12-18(20)26-28(22)24/h1-12,23-24H. The van der Waals surface area contributed by atoms with E-state index in [1.807, 2.05) is 60.7 Å². The third-order valence-electron chi connectivity index (χ3n) is 4.38. The van der Waals surface area contributed by atoms with Crippen molar-refractivity contribution in [2.75, 3.05) is 0 Å². The average molecular weight is 451 g/mol. The molecule has 0 saturated carbocycles. The fourth-order valence-corrected chi connectivity index (χ4v) is 4.41. The average Bonchev–Trinajstić information content (AvgIpc) is 2.67. The molecule has 0 saturated heterocycles. The second-order valence-corrected chi connectivity index (χ2v) is 8.96. The molecule has 0 aromatic heterocycles. The molecule has 0 aliphatic carbocycles. The highest BCUT2D eigenvalue weighted by Gasteiger charge is 2.21. The third-order valence-corrected chi connectivity index (χ3v) is 5.49. The van der Waals surface area contributed by atoms with E-state index in [9.17, 15) is 9.79 Å². The zero-order chi connectivity index (χ0) is 19.7. The number of benzene rings is 4. The summed E-state index contributed by atoms with van der Waals surface area (Å²) in [5.74, 6) is 0.834. The van der Waals surface area contributed by atoms with Gasteiger partial charge in [0.05, 0.1) is 0 Å². The summed E-state index contributed by atoms with van der Waals surface area (Å²) in [5, 5.41) is 3.76. The maximum absolute atomic E-state index is 9.70. The lowest BCUT2D eigenvalue weighted by Crippen LogP contribution is -1.94. The fourth-order valence-electron chi connectivity index (χ4n) is 3.33. The van der Waals surface area contributed by atoms with Gasteiger partial charge in [0.1, 0.15) is 11.5 Å². The smallest absolute Gasteiger partial charge is 0.335 e. The van der Waals surface area contributed by atoms with Gasteiger partial charge >= 0.3 is 15.5 Å². The first-order chi connectivity index (χ1) is 13.5. The van der Waals surface area contributed by atoms with Crippen LogP contribution in [0.4, 0.5) is 0 Å². The van der Waals surface area contributed by atoms with Crippen LogP contribution in [0.2, 0.25) is 0 Å². The van der Waals surface area contributed by atoms with Crippen LogP contribution in [0.25, 0.3) is 32.7 Å². The van der Waals surface area contributed by atoms with Crippen molar-refractivity contribution in [2.24, 2.45) is 0 Å². The number of hydrogen-bond donors (Lipinski definition) is 2. The van der Waals surface area contributed by atoms with Gasteiger partial charge in [0, 0.05) is 11.1 Å². The highest BCUT2D eigenvalue weighted by molar-refractivity contribution is 7.75. The first kappa shape index (κ1) is 19.7. The lowest BCUT2D eigenvalue weighted by atomic mass is 9.92. The summed E-state index contributed by atoms with van der Waals surface area (Å²) in [6.45, 7) is 0. The normalized spacial score (nSPS) is 13.4. The Bertz CT molecular complexity index is 1060. The summed E-state index contributed by atoms with van der Waals surface area (Å²) in [7, 11) is -4.30. The molecule has 0 spiro atoms. The lowest BCUT2D eigenvalue weighted by molar-refractivity contribution is 0.503. The molecule has 0 fully saturated rings. The van der Waals surface area contributed by atoms with Crippen LogP contribution in [0.5, 0.6) is 11.5 Å². The number of fused-ring (bicyclic) bond motifs is 2. The molecule has 0 aliphatic rings. The summed E-state index contributed by atoms with van der Waals surface area (Å²) in [6, 6.07) is 22.9. The van der Waals surface area contributed by atoms with Crippen LogP contribution >= 0.6 is 37.9 Å². The lowest BCUT2D eigenvalue weighted by Gasteiger charge is -2.19. The Morgan fingerprint density at radius 1 is 0.571 bits per heavy atom. The van der Waals surface area contributed by atoms with Crippen molar-refractivity contribution in [2.45, 2.75) is 0 Å². The van der Waals surface area contributed by atoms with Crippen LogP contribution in [0.15, 0.2) is 72.8 Å². The highest BCUT2D eigenvalue weighted by Crippen LogP contribution is 2.51. The van der Waals surface area contributed by atoms with E-state index in [-0.39, 0.29) is 0 Å². The summed E-state index contributed by atoms with van der Waals surface area (Å²) in [5.41, 5.74) is 1.42. The van der Waals surface area contributed by atoms with Crippen molar-refractivity contribution in [3.63, 3.8) is 0 Å². The summed E-state index contributed by atoms with van der Waals surface area (Å²) in [6.07, 6.45) is 0. The van der Waals surface area contributed by atoms with Gasteiger partial charge in [0.2, 0.25) is 0 Å². The van der Waals surface area contributed by atoms with E-state index < -0.39 is 15.5 Å². The Kier molecular flexibility index (Phi) is 5.89. The number of halogens is 2.